The zero-order chi connectivity index (χ0) is 18.0. The zero-order valence-electron chi connectivity index (χ0n) is 15.1. The molecule has 4 atom stereocenters. The van der Waals surface area contributed by atoms with Gasteiger partial charge in [0.25, 0.3) is 6.02 Å². The van der Waals surface area contributed by atoms with Gasteiger partial charge in [-0.15, -0.1) is 0 Å². The van der Waals surface area contributed by atoms with Crippen molar-refractivity contribution in [2.45, 2.75) is 30.5 Å². The second-order valence-corrected chi connectivity index (χ2v) is 8.08. The molecule has 2 fully saturated rings. The number of rotatable bonds is 1. The van der Waals surface area contributed by atoms with Gasteiger partial charge in [-0.1, -0.05) is 36.4 Å². The van der Waals surface area contributed by atoms with Gasteiger partial charge in [0.2, 0.25) is 0 Å². The first-order valence-corrected chi connectivity index (χ1v) is 9.84. The van der Waals surface area contributed by atoms with Crippen molar-refractivity contribution in [2.24, 2.45) is 10.9 Å². The second-order valence-electron chi connectivity index (χ2n) is 8.08. The molecule has 4 aliphatic rings. The molecule has 3 aliphatic heterocycles. The van der Waals surface area contributed by atoms with Crippen LogP contribution < -0.4 is 5.32 Å². The van der Waals surface area contributed by atoms with Crippen molar-refractivity contribution in [2.75, 3.05) is 19.6 Å². The van der Waals surface area contributed by atoms with E-state index in [0.29, 0.717) is 12.0 Å². The van der Waals surface area contributed by atoms with Crippen molar-refractivity contribution >= 4 is 6.02 Å². The van der Waals surface area contributed by atoms with E-state index >= 15 is 0 Å². The molecule has 2 unspecified atom stereocenters. The Morgan fingerprint density at radius 1 is 1.15 bits per heavy atom. The molecule has 0 amide bonds. The lowest BCUT2D eigenvalue weighted by Gasteiger charge is -2.39. The maximum Gasteiger partial charge on any atom is 0.289 e. The van der Waals surface area contributed by atoms with Crippen molar-refractivity contribution in [3.8, 4) is 0 Å². The number of amidine groups is 1. The first-order valence-electron chi connectivity index (χ1n) is 9.84. The number of halogens is 1. The van der Waals surface area contributed by atoms with E-state index in [4.69, 9.17) is 9.73 Å². The molecule has 1 saturated heterocycles. The predicted octanol–water partition coefficient (Wildman–Crippen LogP) is 2.89. The highest BCUT2D eigenvalue weighted by Gasteiger charge is 2.72. The van der Waals surface area contributed by atoms with Gasteiger partial charge in [-0.25, -0.2) is 9.38 Å². The molecule has 6 rings (SSSR count). The van der Waals surface area contributed by atoms with E-state index in [1.165, 1.54) is 11.1 Å². The molecule has 2 aromatic rings. The topological polar surface area (TPSA) is 36.9 Å². The Morgan fingerprint density at radius 3 is 2.89 bits per heavy atom. The van der Waals surface area contributed by atoms with Gasteiger partial charge in [-0.2, -0.15) is 0 Å². The minimum atomic E-state index is -0.208. The predicted molar refractivity (Wildman–Crippen MR) is 101 cm³/mol. The van der Waals surface area contributed by atoms with Crippen LogP contribution in [0.15, 0.2) is 53.5 Å². The van der Waals surface area contributed by atoms with Gasteiger partial charge in [0.05, 0.1) is 6.04 Å². The summed E-state index contributed by atoms with van der Waals surface area (Å²) < 4.78 is 20.0. The molecule has 5 heteroatoms. The average molecular weight is 363 g/mol. The van der Waals surface area contributed by atoms with Crippen molar-refractivity contribution in [1.29, 1.82) is 0 Å². The number of fused-ring (bicyclic) bond motifs is 2. The lowest BCUT2D eigenvalue weighted by Crippen LogP contribution is -2.45. The smallest absolute Gasteiger partial charge is 0.289 e. The maximum atomic E-state index is 13.5. The zero-order valence-corrected chi connectivity index (χ0v) is 15.1. The van der Waals surface area contributed by atoms with Crippen molar-refractivity contribution < 1.29 is 9.13 Å². The van der Waals surface area contributed by atoms with Crippen LogP contribution in [0.25, 0.3) is 0 Å². The number of hydrogen-bond acceptors (Lipinski definition) is 4. The van der Waals surface area contributed by atoms with Gasteiger partial charge < -0.3 is 15.0 Å². The summed E-state index contributed by atoms with van der Waals surface area (Å²) in [7, 11) is 0. The van der Waals surface area contributed by atoms with Gasteiger partial charge in [-0.05, 0) is 48.2 Å². The lowest BCUT2D eigenvalue weighted by atomic mass is 9.88. The fourth-order valence-corrected chi connectivity index (χ4v) is 5.25. The number of nitrogens with zero attached hydrogens (tertiary/aromatic N) is 2. The van der Waals surface area contributed by atoms with E-state index in [2.05, 4.69) is 34.5 Å². The van der Waals surface area contributed by atoms with Gasteiger partial charge in [-0.3, -0.25) is 0 Å². The molecule has 0 bridgehead atoms. The standard InChI is InChI=1S/C22H22FN3O/c23-16-7-5-15(6-8-16)19-17-4-2-1-3-14(17)10-12-26(19)21-25-20-18-9-11-24-13-22(18,20)27-21/h1-8,18-20,24H,9-13H2/t18?,19-,20?,22+/m0/s1. The first kappa shape index (κ1) is 15.6. The van der Waals surface area contributed by atoms with E-state index in [1.807, 2.05) is 12.1 Å². The average Bonchev–Trinajstić information content (AvgIpc) is 3.18. The molecule has 3 heterocycles. The van der Waals surface area contributed by atoms with E-state index in [1.54, 1.807) is 12.1 Å². The minimum absolute atomic E-state index is 0.0122. The highest BCUT2D eigenvalue weighted by atomic mass is 19.1. The summed E-state index contributed by atoms with van der Waals surface area (Å²) in [5.74, 6) is 0.365. The van der Waals surface area contributed by atoms with E-state index < -0.39 is 0 Å². The van der Waals surface area contributed by atoms with Crippen LogP contribution in [0.2, 0.25) is 0 Å². The molecule has 0 aromatic heterocycles. The Balaban J connectivity index is 1.40. The Labute approximate surface area is 158 Å². The molecule has 0 radical (unpaired) electrons. The van der Waals surface area contributed by atoms with Crippen molar-refractivity contribution in [1.82, 2.24) is 10.2 Å². The second kappa shape index (κ2) is 5.55. The number of ether oxygens (including phenoxy) is 1. The molecular weight excluding hydrogens is 341 g/mol. The van der Waals surface area contributed by atoms with Crippen LogP contribution in [-0.2, 0) is 11.2 Å². The molecule has 27 heavy (non-hydrogen) atoms. The van der Waals surface area contributed by atoms with Crippen LogP contribution in [0.1, 0.15) is 29.2 Å². The van der Waals surface area contributed by atoms with Crippen molar-refractivity contribution in [3.63, 3.8) is 0 Å². The highest BCUT2D eigenvalue weighted by Crippen LogP contribution is 2.57. The fourth-order valence-electron chi connectivity index (χ4n) is 5.25. The quantitative estimate of drug-likeness (QED) is 0.847. The Bertz CT molecular complexity index is 927. The summed E-state index contributed by atoms with van der Waals surface area (Å²) in [4.78, 5) is 7.27. The summed E-state index contributed by atoms with van der Waals surface area (Å²) in [6.07, 6.45) is 2.11. The molecule has 138 valence electrons. The molecule has 1 spiro atoms. The Hall–Kier alpha value is -2.40. The molecule has 2 aromatic carbocycles. The molecule has 1 N–H and O–H groups in total. The third-order valence-electron chi connectivity index (χ3n) is 6.68. The Morgan fingerprint density at radius 2 is 2.00 bits per heavy atom. The summed E-state index contributed by atoms with van der Waals surface area (Å²) in [5, 5.41) is 3.47. The number of nitrogens with one attached hydrogen (secondary N) is 1. The van der Waals surface area contributed by atoms with E-state index in [9.17, 15) is 4.39 Å². The normalized spacial score (nSPS) is 33.4. The summed E-state index contributed by atoms with van der Waals surface area (Å²) in [5.41, 5.74) is 3.57. The largest absolute Gasteiger partial charge is 0.454 e. The third kappa shape index (κ3) is 2.21. The summed E-state index contributed by atoms with van der Waals surface area (Å²) in [6, 6.07) is 16.5. The molecule has 1 saturated carbocycles. The lowest BCUT2D eigenvalue weighted by molar-refractivity contribution is 0.102. The van der Waals surface area contributed by atoms with Gasteiger partial charge in [0.15, 0.2) is 5.60 Å². The van der Waals surface area contributed by atoms with Gasteiger partial charge >= 0.3 is 0 Å². The number of hydrogen-bond donors (Lipinski definition) is 1. The Kier molecular flexibility index (Phi) is 3.21. The summed E-state index contributed by atoms with van der Waals surface area (Å²) in [6.45, 7) is 2.81. The highest BCUT2D eigenvalue weighted by molar-refractivity contribution is 5.80. The first-order chi connectivity index (χ1) is 13.3. The number of aliphatic imine (C=N–C) groups is 1. The van der Waals surface area contributed by atoms with Crippen LogP contribution in [0.3, 0.4) is 0 Å². The van der Waals surface area contributed by atoms with Crippen LogP contribution >= 0.6 is 0 Å². The van der Waals surface area contributed by atoms with Crippen molar-refractivity contribution in [3.05, 3.63) is 71.0 Å². The van der Waals surface area contributed by atoms with Gasteiger partial charge in [0, 0.05) is 19.0 Å². The van der Waals surface area contributed by atoms with Crippen LogP contribution in [0.5, 0.6) is 0 Å². The van der Waals surface area contributed by atoms with Crippen LogP contribution in [-0.4, -0.2) is 42.2 Å². The summed E-state index contributed by atoms with van der Waals surface area (Å²) >= 11 is 0. The van der Waals surface area contributed by atoms with E-state index in [0.717, 1.165) is 44.1 Å². The fraction of sp³-hybridized carbons (Fsp3) is 0.409. The molecule has 4 nitrogen and oxygen atoms in total. The van der Waals surface area contributed by atoms with Crippen LogP contribution in [0, 0.1) is 11.7 Å². The van der Waals surface area contributed by atoms with Gasteiger partial charge in [0.1, 0.15) is 11.9 Å². The third-order valence-corrected chi connectivity index (χ3v) is 6.68. The van der Waals surface area contributed by atoms with E-state index in [-0.39, 0.29) is 17.5 Å². The number of benzene rings is 2. The maximum absolute atomic E-state index is 13.5. The van der Waals surface area contributed by atoms with Crippen LogP contribution in [0.4, 0.5) is 4.39 Å². The monoisotopic (exact) mass is 363 g/mol. The molecule has 1 aliphatic carbocycles. The minimum Gasteiger partial charge on any atom is -0.454 e. The number of piperidine rings is 1. The molecular formula is C22H22FN3O. The SMILES string of the molecule is Fc1ccc([C@H]2c3ccccc3CCN2C2=NC3C4CCNC[C@@]43O2)cc1.